The van der Waals surface area contributed by atoms with Crippen LogP contribution in [0.4, 0.5) is 0 Å². The van der Waals surface area contributed by atoms with Gasteiger partial charge in [0.05, 0.1) is 5.92 Å². The van der Waals surface area contributed by atoms with Gasteiger partial charge in [-0.3, -0.25) is 4.79 Å². The van der Waals surface area contributed by atoms with E-state index < -0.39 is 0 Å². The van der Waals surface area contributed by atoms with E-state index in [9.17, 15) is 4.79 Å². The Hall–Kier alpha value is -1.45. The third-order valence-electron chi connectivity index (χ3n) is 2.93. The summed E-state index contributed by atoms with van der Waals surface area (Å²) in [6, 6.07) is 18.5. The third-order valence-corrected chi connectivity index (χ3v) is 4.72. The molecule has 1 heterocycles. The van der Waals surface area contributed by atoms with Crippen molar-refractivity contribution in [2.24, 2.45) is 0 Å². The molecule has 2 aromatic carbocycles. The first-order valence-corrected chi connectivity index (χ1v) is 7.72. The van der Waals surface area contributed by atoms with E-state index in [0.29, 0.717) is 0 Å². The van der Waals surface area contributed by atoms with Crippen molar-refractivity contribution in [3.8, 4) is 0 Å². The molecule has 2 aromatic rings. The second-order valence-electron chi connectivity index (χ2n) is 4.23. The predicted molar refractivity (Wildman–Crippen MR) is 81.5 cm³/mol. The van der Waals surface area contributed by atoms with Crippen LogP contribution in [-0.2, 0) is 4.79 Å². The van der Waals surface area contributed by atoms with Gasteiger partial charge >= 0.3 is 0 Å². The monoisotopic (exact) mass is 284 g/mol. The maximum atomic E-state index is 11.6. The van der Waals surface area contributed by atoms with Crippen molar-refractivity contribution in [2.45, 2.75) is 15.7 Å². The number of carbonyl (C=O) groups excluding carboxylic acids is 1. The van der Waals surface area contributed by atoms with Crippen molar-refractivity contribution >= 4 is 28.6 Å². The average Bonchev–Trinajstić information content (AvgIpc) is 2.87. The molecule has 3 rings (SSSR count). The molecule has 94 valence electrons. The van der Waals surface area contributed by atoms with Crippen molar-refractivity contribution in [3.05, 3.63) is 71.6 Å². The Morgan fingerprint density at radius 2 is 1.58 bits per heavy atom. The van der Waals surface area contributed by atoms with Gasteiger partial charge in [0.1, 0.15) is 0 Å². The molecule has 0 aromatic heterocycles. The highest BCUT2D eigenvalue weighted by Gasteiger charge is 2.21. The molecule has 1 nitrogen and oxygen atoms in total. The van der Waals surface area contributed by atoms with Gasteiger partial charge in [-0.15, -0.1) is 0 Å². The van der Waals surface area contributed by atoms with Crippen molar-refractivity contribution in [1.29, 1.82) is 0 Å². The van der Waals surface area contributed by atoms with Crippen LogP contribution in [0.25, 0.3) is 0 Å². The molecule has 19 heavy (non-hydrogen) atoms. The summed E-state index contributed by atoms with van der Waals surface area (Å²) in [4.78, 5) is 14.1. The second-order valence-corrected chi connectivity index (χ2v) is 6.28. The second kappa shape index (κ2) is 5.68. The van der Waals surface area contributed by atoms with Crippen LogP contribution < -0.4 is 0 Å². The number of hydrogen-bond acceptors (Lipinski definition) is 3. The Kier molecular flexibility index (Phi) is 3.76. The molecular formula is C16H12OS2. The molecular weight excluding hydrogens is 272 g/mol. The van der Waals surface area contributed by atoms with Crippen LogP contribution in [0.5, 0.6) is 0 Å². The van der Waals surface area contributed by atoms with E-state index in [-0.39, 0.29) is 11.0 Å². The number of hydrogen-bond donors (Lipinski definition) is 0. The third kappa shape index (κ3) is 2.94. The molecule has 1 unspecified atom stereocenters. The quantitative estimate of drug-likeness (QED) is 0.812. The molecule has 0 aliphatic carbocycles. The fraction of sp³-hybridized carbons (Fsp3) is 0.0625. The van der Waals surface area contributed by atoms with E-state index in [0.717, 1.165) is 5.56 Å². The normalized spacial score (nSPS) is 17.9. The molecule has 3 heteroatoms. The first-order chi connectivity index (χ1) is 9.33. The fourth-order valence-electron chi connectivity index (χ4n) is 1.95. The first-order valence-electron chi connectivity index (χ1n) is 6.03. The van der Waals surface area contributed by atoms with Gasteiger partial charge in [0, 0.05) is 9.79 Å². The highest BCUT2D eigenvalue weighted by Crippen LogP contribution is 2.33. The molecule has 0 bridgehead atoms. The lowest BCUT2D eigenvalue weighted by Gasteiger charge is -2.07. The summed E-state index contributed by atoms with van der Waals surface area (Å²) >= 11 is 3.01. The Morgan fingerprint density at radius 1 is 0.895 bits per heavy atom. The lowest BCUT2D eigenvalue weighted by molar-refractivity contribution is -0.111. The minimum Gasteiger partial charge on any atom is -0.286 e. The molecule has 0 N–H and O–H groups in total. The van der Waals surface area contributed by atoms with Gasteiger partial charge in [0.15, 0.2) is 0 Å². The summed E-state index contributed by atoms with van der Waals surface area (Å²) in [5.41, 5.74) is 1.07. The molecule has 0 amide bonds. The van der Waals surface area contributed by atoms with E-state index in [4.69, 9.17) is 0 Å². The lowest BCUT2D eigenvalue weighted by atomic mass is 10.0. The summed E-state index contributed by atoms with van der Waals surface area (Å²) in [6.45, 7) is 0. The van der Waals surface area contributed by atoms with E-state index in [2.05, 4.69) is 24.3 Å². The van der Waals surface area contributed by atoms with Crippen LogP contribution in [0.1, 0.15) is 11.5 Å². The minimum absolute atomic E-state index is 0.0687. The molecule has 0 fully saturated rings. The molecule has 1 atom stereocenters. The summed E-state index contributed by atoms with van der Waals surface area (Å²) < 4.78 is 0. The van der Waals surface area contributed by atoms with Crippen LogP contribution in [0.3, 0.4) is 0 Å². The van der Waals surface area contributed by atoms with Crippen LogP contribution in [0.2, 0.25) is 0 Å². The van der Waals surface area contributed by atoms with E-state index in [1.165, 1.54) is 21.6 Å². The van der Waals surface area contributed by atoms with E-state index in [1.54, 1.807) is 11.8 Å². The molecule has 1 aliphatic rings. The van der Waals surface area contributed by atoms with Gasteiger partial charge in [-0.2, -0.15) is 0 Å². The molecule has 0 radical (unpaired) electrons. The largest absolute Gasteiger partial charge is 0.286 e. The number of carbonyl (C=O) groups is 1. The van der Waals surface area contributed by atoms with Crippen molar-refractivity contribution in [3.63, 3.8) is 0 Å². The maximum absolute atomic E-state index is 11.6. The van der Waals surface area contributed by atoms with Crippen molar-refractivity contribution in [2.75, 3.05) is 0 Å². The Labute approximate surface area is 121 Å². The number of thioether (sulfide) groups is 1. The zero-order chi connectivity index (χ0) is 13.1. The van der Waals surface area contributed by atoms with Gasteiger partial charge in [-0.1, -0.05) is 59.9 Å². The van der Waals surface area contributed by atoms with Crippen molar-refractivity contribution in [1.82, 2.24) is 0 Å². The van der Waals surface area contributed by atoms with Crippen LogP contribution in [0.15, 0.2) is 75.9 Å². The van der Waals surface area contributed by atoms with E-state index in [1.807, 2.05) is 41.8 Å². The molecule has 0 spiro atoms. The van der Waals surface area contributed by atoms with Gasteiger partial charge in [0.2, 0.25) is 5.12 Å². The van der Waals surface area contributed by atoms with Gasteiger partial charge in [0.25, 0.3) is 0 Å². The van der Waals surface area contributed by atoms with Gasteiger partial charge in [-0.05, 0) is 35.2 Å². The highest BCUT2D eigenvalue weighted by atomic mass is 32.2. The minimum atomic E-state index is -0.0687. The summed E-state index contributed by atoms with van der Waals surface area (Å²) in [7, 11) is 0. The zero-order valence-corrected chi connectivity index (χ0v) is 11.8. The predicted octanol–water partition coefficient (Wildman–Crippen LogP) is 4.71. The highest BCUT2D eigenvalue weighted by molar-refractivity contribution is 8.16. The Morgan fingerprint density at radius 3 is 2.21 bits per heavy atom. The number of allylic oxidation sites excluding steroid dienone is 1. The summed E-state index contributed by atoms with van der Waals surface area (Å²) in [5, 5.41) is 2.09. The molecule has 0 saturated heterocycles. The summed E-state index contributed by atoms with van der Waals surface area (Å²) in [6.07, 6.45) is 1.96. The maximum Gasteiger partial charge on any atom is 0.204 e. The number of rotatable bonds is 3. The first kappa shape index (κ1) is 12.6. The lowest BCUT2D eigenvalue weighted by Crippen LogP contribution is -2.01. The summed E-state index contributed by atoms with van der Waals surface area (Å²) in [5.74, 6) is -0.0687. The van der Waals surface area contributed by atoms with Crippen LogP contribution in [0, 0.1) is 0 Å². The van der Waals surface area contributed by atoms with Gasteiger partial charge < -0.3 is 0 Å². The molecule has 1 aliphatic heterocycles. The van der Waals surface area contributed by atoms with Crippen LogP contribution >= 0.6 is 23.5 Å². The zero-order valence-electron chi connectivity index (χ0n) is 10.2. The standard InChI is InChI=1S/C16H12OS2/c17-16-15(10-11-18-16)12-6-8-14(9-7-12)19-13-4-2-1-3-5-13/h1-11,15H. The number of benzene rings is 2. The Bertz CT molecular complexity index is 602. The van der Waals surface area contributed by atoms with Gasteiger partial charge in [-0.25, -0.2) is 0 Å². The van der Waals surface area contributed by atoms with Crippen molar-refractivity contribution < 1.29 is 4.79 Å². The average molecular weight is 284 g/mol. The Balaban J connectivity index is 1.76. The fourth-order valence-corrected chi connectivity index (χ4v) is 3.52. The molecule has 0 saturated carbocycles. The topological polar surface area (TPSA) is 17.1 Å². The van der Waals surface area contributed by atoms with E-state index >= 15 is 0 Å². The SMILES string of the molecule is O=C1SC=CC1c1ccc(Sc2ccccc2)cc1. The smallest absolute Gasteiger partial charge is 0.204 e. The van der Waals surface area contributed by atoms with Crippen LogP contribution in [-0.4, -0.2) is 5.12 Å².